The van der Waals surface area contributed by atoms with Crippen LogP contribution in [0.25, 0.3) is 0 Å². The maximum atomic E-state index is 13.0. The SMILES string of the molecule is COc1ccc(C(=O)NC2CCN3C(=O)c4cc(Br)ccc4NC(=O)C3C2)cc1. The monoisotopic (exact) mass is 457 g/mol. The molecule has 0 saturated carbocycles. The van der Waals surface area contributed by atoms with Crippen molar-refractivity contribution in [3.05, 3.63) is 58.1 Å². The highest BCUT2D eigenvalue weighted by atomic mass is 79.9. The third-order valence-electron chi connectivity index (χ3n) is 5.32. The predicted octanol–water partition coefficient (Wildman–Crippen LogP) is 2.81. The van der Waals surface area contributed by atoms with Gasteiger partial charge in [0.1, 0.15) is 11.8 Å². The molecule has 2 N–H and O–H groups in total. The third-order valence-corrected chi connectivity index (χ3v) is 5.82. The molecule has 2 aromatic carbocycles. The van der Waals surface area contributed by atoms with E-state index in [2.05, 4.69) is 26.6 Å². The first-order valence-corrected chi connectivity index (χ1v) is 10.1. The molecule has 2 heterocycles. The summed E-state index contributed by atoms with van der Waals surface area (Å²) < 4.78 is 5.89. The van der Waals surface area contributed by atoms with E-state index in [1.165, 1.54) is 0 Å². The molecule has 0 aliphatic carbocycles. The summed E-state index contributed by atoms with van der Waals surface area (Å²) in [6, 6.07) is 11.2. The predicted molar refractivity (Wildman–Crippen MR) is 111 cm³/mol. The summed E-state index contributed by atoms with van der Waals surface area (Å²) in [6.45, 7) is 0.399. The molecule has 3 amide bonds. The molecule has 2 aliphatic rings. The van der Waals surface area contributed by atoms with Crippen LogP contribution in [-0.2, 0) is 4.79 Å². The van der Waals surface area contributed by atoms with Gasteiger partial charge >= 0.3 is 0 Å². The number of carbonyl (C=O) groups excluding carboxylic acids is 3. The summed E-state index contributed by atoms with van der Waals surface area (Å²) in [5.74, 6) is 0.0563. The van der Waals surface area contributed by atoms with Gasteiger partial charge in [-0.3, -0.25) is 14.4 Å². The molecule has 1 saturated heterocycles. The zero-order valence-corrected chi connectivity index (χ0v) is 17.4. The summed E-state index contributed by atoms with van der Waals surface area (Å²) in [4.78, 5) is 39.9. The van der Waals surface area contributed by atoms with Crippen molar-refractivity contribution in [3.63, 3.8) is 0 Å². The average molecular weight is 458 g/mol. The minimum atomic E-state index is -0.622. The lowest BCUT2D eigenvalue weighted by Crippen LogP contribution is -2.55. The van der Waals surface area contributed by atoms with Crippen LogP contribution in [0.5, 0.6) is 5.75 Å². The molecule has 1 fully saturated rings. The zero-order valence-electron chi connectivity index (χ0n) is 15.8. The summed E-state index contributed by atoms with van der Waals surface area (Å²) >= 11 is 3.38. The molecule has 2 aromatic rings. The van der Waals surface area contributed by atoms with Crippen LogP contribution in [0.15, 0.2) is 46.9 Å². The number of nitrogens with zero attached hydrogens (tertiary/aromatic N) is 1. The molecule has 4 rings (SSSR count). The maximum absolute atomic E-state index is 13.0. The summed E-state index contributed by atoms with van der Waals surface area (Å²) in [5, 5.41) is 5.84. The van der Waals surface area contributed by atoms with Crippen molar-refractivity contribution in [3.8, 4) is 5.75 Å². The van der Waals surface area contributed by atoms with Crippen molar-refractivity contribution in [2.24, 2.45) is 0 Å². The number of fused-ring (bicyclic) bond motifs is 2. The van der Waals surface area contributed by atoms with E-state index in [-0.39, 0.29) is 23.8 Å². The molecule has 0 radical (unpaired) electrons. The van der Waals surface area contributed by atoms with E-state index in [0.29, 0.717) is 42.0 Å². The number of rotatable bonds is 3. The Hall–Kier alpha value is -2.87. The van der Waals surface area contributed by atoms with Crippen LogP contribution in [0.2, 0.25) is 0 Å². The topological polar surface area (TPSA) is 87.7 Å². The summed E-state index contributed by atoms with van der Waals surface area (Å²) in [5.41, 5.74) is 1.50. The number of carbonyl (C=O) groups is 3. The summed E-state index contributed by atoms with van der Waals surface area (Å²) in [7, 11) is 1.57. The number of ether oxygens (including phenoxy) is 1. The fourth-order valence-electron chi connectivity index (χ4n) is 3.77. The third kappa shape index (κ3) is 3.85. The van der Waals surface area contributed by atoms with Gasteiger partial charge in [0.15, 0.2) is 0 Å². The van der Waals surface area contributed by atoms with Crippen molar-refractivity contribution >= 4 is 39.3 Å². The molecular formula is C21H20BrN3O4. The van der Waals surface area contributed by atoms with Gasteiger partial charge < -0.3 is 20.3 Å². The number of hydrogen-bond acceptors (Lipinski definition) is 4. The maximum Gasteiger partial charge on any atom is 0.256 e. The number of anilines is 1. The lowest BCUT2D eigenvalue weighted by Gasteiger charge is -2.37. The fourth-order valence-corrected chi connectivity index (χ4v) is 4.13. The lowest BCUT2D eigenvalue weighted by molar-refractivity contribution is -0.121. The van der Waals surface area contributed by atoms with E-state index in [1.54, 1.807) is 54.5 Å². The number of benzene rings is 2. The number of amides is 3. The average Bonchev–Trinajstić information content (AvgIpc) is 2.83. The molecule has 2 atom stereocenters. The fraction of sp³-hybridized carbons (Fsp3) is 0.286. The Bertz CT molecular complexity index is 976. The van der Waals surface area contributed by atoms with Crippen LogP contribution < -0.4 is 15.4 Å². The second kappa shape index (κ2) is 7.87. The van der Waals surface area contributed by atoms with Gasteiger partial charge in [-0.15, -0.1) is 0 Å². The standard InChI is InChI=1S/C21H20BrN3O4/c1-29-15-5-2-12(3-6-15)19(26)23-14-8-9-25-18(11-14)20(27)24-17-7-4-13(22)10-16(17)21(25)28/h2-7,10,14,18H,8-9,11H2,1H3,(H,23,26)(H,24,27). The highest BCUT2D eigenvalue weighted by molar-refractivity contribution is 9.10. The Morgan fingerprint density at radius 1 is 1.21 bits per heavy atom. The first kappa shape index (κ1) is 19.4. The molecule has 0 bridgehead atoms. The number of piperidine rings is 1. The quantitative estimate of drug-likeness (QED) is 0.741. The highest BCUT2D eigenvalue weighted by Crippen LogP contribution is 2.30. The summed E-state index contributed by atoms with van der Waals surface area (Å²) in [6.07, 6.45) is 0.954. The number of nitrogens with one attached hydrogen (secondary N) is 2. The van der Waals surface area contributed by atoms with Crippen LogP contribution in [0, 0.1) is 0 Å². The van der Waals surface area contributed by atoms with Gasteiger partial charge in [-0.25, -0.2) is 0 Å². The van der Waals surface area contributed by atoms with Crippen molar-refractivity contribution in [1.29, 1.82) is 0 Å². The number of methoxy groups -OCH3 is 1. The largest absolute Gasteiger partial charge is 0.497 e. The minimum Gasteiger partial charge on any atom is -0.497 e. The molecule has 0 aromatic heterocycles. The van der Waals surface area contributed by atoms with Crippen LogP contribution in [0.3, 0.4) is 0 Å². The van der Waals surface area contributed by atoms with E-state index < -0.39 is 6.04 Å². The van der Waals surface area contributed by atoms with Crippen LogP contribution in [0.4, 0.5) is 5.69 Å². The van der Waals surface area contributed by atoms with E-state index in [9.17, 15) is 14.4 Å². The Morgan fingerprint density at radius 3 is 2.69 bits per heavy atom. The van der Waals surface area contributed by atoms with Gasteiger partial charge in [-0.05, 0) is 55.3 Å². The zero-order chi connectivity index (χ0) is 20.5. The van der Waals surface area contributed by atoms with Crippen molar-refractivity contribution < 1.29 is 19.1 Å². The van der Waals surface area contributed by atoms with Crippen LogP contribution in [0.1, 0.15) is 33.6 Å². The second-order valence-corrected chi connectivity index (χ2v) is 8.03. The molecule has 150 valence electrons. The number of halogens is 1. The van der Waals surface area contributed by atoms with Crippen molar-refractivity contribution in [2.45, 2.75) is 24.9 Å². The first-order chi connectivity index (χ1) is 14.0. The van der Waals surface area contributed by atoms with Crippen LogP contribution in [-0.4, -0.2) is 48.4 Å². The van der Waals surface area contributed by atoms with Crippen molar-refractivity contribution in [1.82, 2.24) is 10.2 Å². The van der Waals surface area contributed by atoms with Gasteiger partial charge in [0.2, 0.25) is 5.91 Å². The normalized spacial score (nSPS) is 20.8. The molecule has 29 heavy (non-hydrogen) atoms. The van der Waals surface area contributed by atoms with Gasteiger partial charge in [0, 0.05) is 22.6 Å². The molecular weight excluding hydrogens is 438 g/mol. The van der Waals surface area contributed by atoms with E-state index in [1.807, 2.05) is 0 Å². The van der Waals surface area contributed by atoms with E-state index >= 15 is 0 Å². The Kier molecular flexibility index (Phi) is 5.27. The lowest BCUT2D eigenvalue weighted by atomic mass is 9.95. The Labute approximate surface area is 176 Å². The highest BCUT2D eigenvalue weighted by Gasteiger charge is 2.40. The second-order valence-electron chi connectivity index (χ2n) is 7.12. The smallest absolute Gasteiger partial charge is 0.256 e. The van der Waals surface area contributed by atoms with Gasteiger partial charge in [-0.2, -0.15) is 0 Å². The molecule has 2 unspecified atom stereocenters. The van der Waals surface area contributed by atoms with Gasteiger partial charge in [-0.1, -0.05) is 15.9 Å². The molecule has 0 spiro atoms. The van der Waals surface area contributed by atoms with Crippen molar-refractivity contribution in [2.75, 3.05) is 19.0 Å². The molecule has 2 aliphatic heterocycles. The van der Waals surface area contributed by atoms with E-state index in [4.69, 9.17) is 4.74 Å². The van der Waals surface area contributed by atoms with Gasteiger partial charge in [0.05, 0.1) is 18.4 Å². The van der Waals surface area contributed by atoms with Gasteiger partial charge in [0.25, 0.3) is 11.8 Å². The molecule has 8 heteroatoms. The van der Waals surface area contributed by atoms with Crippen LogP contribution >= 0.6 is 15.9 Å². The molecule has 7 nitrogen and oxygen atoms in total. The first-order valence-electron chi connectivity index (χ1n) is 9.32. The number of hydrogen-bond donors (Lipinski definition) is 2. The Morgan fingerprint density at radius 2 is 1.97 bits per heavy atom. The van der Waals surface area contributed by atoms with E-state index in [0.717, 1.165) is 4.47 Å². The minimum absolute atomic E-state index is 0.176. The Balaban J connectivity index is 1.49.